The van der Waals surface area contributed by atoms with Gasteiger partial charge in [-0.25, -0.2) is 0 Å². The molecule has 494 valence electrons. The molecular formula is C97H69B2N5O. The van der Waals surface area contributed by atoms with E-state index < -0.39 is 0 Å². The van der Waals surface area contributed by atoms with Crippen molar-refractivity contribution in [2.24, 2.45) is 0 Å². The van der Waals surface area contributed by atoms with Crippen LogP contribution in [0.2, 0.25) is 0 Å². The van der Waals surface area contributed by atoms with Crippen molar-refractivity contribution in [1.82, 2.24) is 0 Å². The van der Waals surface area contributed by atoms with Crippen LogP contribution in [0, 0.1) is 0 Å². The molecule has 0 aromatic heterocycles. The van der Waals surface area contributed by atoms with E-state index in [4.69, 9.17) is 4.74 Å². The van der Waals surface area contributed by atoms with Crippen molar-refractivity contribution in [3.05, 3.63) is 394 Å². The van der Waals surface area contributed by atoms with Gasteiger partial charge in [-0.1, -0.05) is 299 Å². The molecule has 0 fully saturated rings. The summed E-state index contributed by atoms with van der Waals surface area (Å²) in [6, 6.07) is 145. The zero-order valence-corrected chi connectivity index (χ0v) is 56.8. The van der Waals surface area contributed by atoms with Gasteiger partial charge < -0.3 is 29.2 Å². The fourth-order valence-corrected chi connectivity index (χ4v) is 16.9. The third-order valence-electron chi connectivity index (χ3n) is 21.2. The van der Waals surface area contributed by atoms with E-state index in [9.17, 15) is 0 Å². The van der Waals surface area contributed by atoms with E-state index in [1.165, 1.54) is 21.9 Å². The van der Waals surface area contributed by atoms with E-state index >= 15 is 0 Å². The summed E-state index contributed by atoms with van der Waals surface area (Å²) in [7, 11) is 0. The predicted octanol–water partition coefficient (Wildman–Crippen LogP) is 22.4. The van der Waals surface area contributed by atoms with Crippen LogP contribution in [0.3, 0.4) is 0 Å². The van der Waals surface area contributed by atoms with Crippen molar-refractivity contribution >= 4 is 132 Å². The molecule has 16 aromatic carbocycles. The van der Waals surface area contributed by atoms with E-state index in [2.05, 4.69) is 419 Å². The summed E-state index contributed by atoms with van der Waals surface area (Å²) < 4.78 is 7.47. The van der Waals surface area contributed by atoms with Crippen LogP contribution in [0.1, 0.15) is 7.43 Å². The Morgan fingerprint density at radius 3 is 1.10 bits per heavy atom. The van der Waals surface area contributed by atoms with E-state index in [1.54, 1.807) is 0 Å². The van der Waals surface area contributed by atoms with Crippen LogP contribution in [0.4, 0.5) is 85.3 Å². The van der Waals surface area contributed by atoms with Crippen LogP contribution in [0.15, 0.2) is 394 Å². The number of benzene rings is 16. The first-order valence-electron chi connectivity index (χ1n) is 35.8. The summed E-state index contributed by atoms with van der Waals surface area (Å²) in [5, 5.41) is 0. The Labute approximate surface area is 614 Å². The maximum Gasteiger partial charge on any atom is 0.256 e. The van der Waals surface area contributed by atoms with Crippen molar-refractivity contribution in [1.29, 1.82) is 0 Å². The minimum absolute atomic E-state index is 0. The Hall–Kier alpha value is -13.6. The molecule has 4 aliphatic rings. The normalized spacial score (nSPS) is 12.5. The highest BCUT2D eigenvalue weighted by Crippen LogP contribution is 2.55. The van der Waals surface area contributed by atoms with E-state index in [-0.39, 0.29) is 20.9 Å². The van der Waals surface area contributed by atoms with Gasteiger partial charge >= 0.3 is 0 Å². The maximum atomic E-state index is 7.47. The molecule has 4 aliphatic heterocycles. The summed E-state index contributed by atoms with van der Waals surface area (Å²) in [5.41, 5.74) is 31.8. The summed E-state index contributed by atoms with van der Waals surface area (Å²) in [6.45, 7) is -0.516. The third kappa shape index (κ3) is 10.4. The van der Waals surface area contributed by atoms with E-state index in [1.807, 2.05) is 0 Å². The van der Waals surface area contributed by atoms with Gasteiger partial charge in [0.05, 0.1) is 28.4 Å². The first-order valence-corrected chi connectivity index (χ1v) is 35.8. The molecule has 20 rings (SSSR count). The fraction of sp³-hybridized carbons (Fsp3) is 0.0103. The minimum Gasteiger partial charge on any atom is -0.458 e. The van der Waals surface area contributed by atoms with Crippen molar-refractivity contribution in [3.8, 4) is 56.0 Å². The molecule has 8 heteroatoms. The number of hydrogen-bond acceptors (Lipinski definition) is 6. The molecular weight excluding hydrogens is 1270 g/mol. The highest BCUT2D eigenvalue weighted by Gasteiger charge is 2.49. The first-order chi connectivity index (χ1) is 51.7. The quantitative estimate of drug-likeness (QED) is 0.107. The van der Waals surface area contributed by atoms with Gasteiger partial charge in [0, 0.05) is 85.2 Å². The van der Waals surface area contributed by atoms with Crippen molar-refractivity contribution in [2.75, 3.05) is 24.5 Å². The van der Waals surface area contributed by atoms with Crippen molar-refractivity contribution in [2.45, 2.75) is 7.43 Å². The zero-order chi connectivity index (χ0) is 68.6. The lowest BCUT2D eigenvalue weighted by Gasteiger charge is -2.47. The second-order valence-electron chi connectivity index (χ2n) is 27.0. The molecule has 4 heterocycles. The predicted molar refractivity (Wildman–Crippen MR) is 444 cm³/mol. The highest BCUT2D eigenvalue weighted by atomic mass is 16.5. The fourth-order valence-electron chi connectivity index (χ4n) is 16.9. The van der Waals surface area contributed by atoms with E-state index in [0.29, 0.717) is 0 Å². The Balaban J connectivity index is 0.00000756. The lowest BCUT2D eigenvalue weighted by Crippen LogP contribution is -2.64. The molecule has 6 nitrogen and oxygen atoms in total. The van der Waals surface area contributed by atoms with Gasteiger partial charge in [0.15, 0.2) is 0 Å². The number of rotatable bonds is 13. The van der Waals surface area contributed by atoms with Crippen molar-refractivity contribution in [3.63, 3.8) is 0 Å². The van der Waals surface area contributed by atoms with Crippen LogP contribution in [-0.2, 0) is 0 Å². The molecule has 0 bridgehead atoms. The molecule has 0 saturated heterocycles. The second kappa shape index (κ2) is 26.1. The molecule has 0 N–H and O–H groups in total. The Morgan fingerprint density at radius 1 is 0.229 bits per heavy atom. The molecule has 0 spiro atoms. The molecule has 105 heavy (non-hydrogen) atoms. The van der Waals surface area contributed by atoms with Gasteiger partial charge in [0.1, 0.15) is 11.5 Å². The van der Waals surface area contributed by atoms with Gasteiger partial charge in [0.2, 0.25) is 0 Å². The Bertz CT molecular complexity index is 5880. The number of ether oxygens (including phenoxy) is 1. The topological polar surface area (TPSA) is 25.4 Å². The number of fused-ring (bicyclic) bond motifs is 8. The smallest absolute Gasteiger partial charge is 0.256 e. The summed E-state index contributed by atoms with van der Waals surface area (Å²) in [6.07, 6.45) is 0. The van der Waals surface area contributed by atoms with Gasteiger partial charge in [-0.15, -0.1) is 0 Å². The largest absolute Gasteiger partial charge is 0.458 e. The highest BCUT2D eigenvalue weighted by molar-refractivity contribution is 7.02. The van der Waals surface area contributed by atoms with Crippen LogP contribution >= 0.6 is 0 Å². The minimum atomic E-state index is -0.264. The molecule has 0 atom stereocenters. The lowest BCUT2D eigenvalue weighted by molar-refractivity contribution is 0.487. The Morgan fingerprint density at radius 2 is 0.590 bits per heavy atom. The molecule has 0 unspecified atom stereocenters. The summed E-state index contributed by atoms with van der Waals surface area (Å²) in [4.78, 5) is 12.7. The molecule has 16 aromatic rings. The lowest BCUT2D eigenvalue weighted by atomic mass is 9.30. The number of hydrogen-bond donors (Lipinski definition) is 0. The average molecular weight is 1340 g/mol. The standard InChI is InChI=1S/C96H65B2N5O.CH4/c1-9-34-66(35-10-1)76-50-25-29-56-84(76)99(70-42-17-5-18-43-70)74-60-89-94-90(61-74)103(96-78(68-38-13-3-14-39-68)52-33-53-79(96)69-40-15-4-16-41-69)88-65-87-82(64-83(88)97(94)80-54-27-31-58-86(80)101(89)72-46-21-7-22-47-72)98-81-55-28-32-59-92(81)104-93-63-75(62-91(95(93)98)102(87)73-48-23-8-24-49-73)100(71-44-19-6-20-45-71)85-57-30-26-51-77(85)67-36-11-2-12-37-67;/h1-65H;1H4. The van der Waals surface area contributed by atoms with Crippen LogP contribution in [0.25, 0.3) is 44.5 Å². The van der Waals surface area contributed by atoms with Gasteiger partial charge in [-0.05, 0) is 152 Å². The number of para-hydroxylation sites is 9. The molecule has 0 amide bonds. The van der Waals surface area contributed by atoms with Crippen LogP contribution < -0.4 is 62.0 Å². The third-order valence-corrected chi connectivity index (χ3v) is 21.2. The second-order valence-corrected chi connectivity index (χ2v) is 27.0. The van der Waals surface area contributed by atoms with Crippen molar-refractivity contribution < 1.29 is 4.74 Å². The monoisotopic (exact) mass is 1340 g/mol. The Kier molecular flexibility index (Phi) is 15.5. The number of anilines is 15. The van der Waals surface area contributed by atoms with Crippen LogP contribution in [0.5, 0.6) is 11.5 Å². The maximum absolute atomic E-state index is 7.47. The first kappa shape index (κ1) is 62.5. The average Bonchev–Trinajstić information content (AvgIpc) is 0.692. The summed E-state index contributed by atoms with van der Waals surface area (Å²) in [5.74, 6) is 1.65. The molecule has 0 aliphatic carbocycles. The summed E-state index contributed by atoms with van der Waals surface area (Å²) >= 11 is 0. The van der Waals surface area contributed by atoms with Gasteiger partial charge in [0.25, 0.3) is 13.4 Å². The SMILES string of the molecule is C.c1ccc(-c2ccccc2N(c2ccccc2)c2cc3c4c(c2)N(c2ccccc2)c2cc5c(cc2B4c2ccccc2O3)B2c3ccccc3N(c3ccccc3)c3cc(N(c4ccccc4)c4ccccc4-c4ccccc4)cc(c32)N5c2c(-c3ccccc3)cccc2-c2ccccc2)cc1. The van der Waals surface area contributed by atoms with E-state index in [0.717, 1.165) is 152 Å². The molecule has 0 saturated carbocycles. The number of nitrogens with zero attached hydrogens (tertiary/aromatic N) is 5. The zero-order valence-electron chi connectivity index (χ0n) is 56.8. The van der Waals surface area contributed by atoms with Crippen LogP contribution in [-0.4, -0.2) is 13.4 Å². The van der Waals surface area contributed by atoms with Gasteiger partial charge in [-0.2, -0.15) is 0 Å². The molecule has 0 radical (unpaired) electrons. The van der Waals surface area contributed by atoms with Gasteiger partial charge in [-0.3, -0.25) is 0 Å².